The van der Waals surface area contributed by atoms with E-state index in [0.717, 1.165) is 0 Å². The first-order chi connectivity index (χ1) is 8.00. The van der Waals surface area contributed by atoms with Gasteiger partial charge in [-0.15, -0.1) is 4.31 Å². The number of carbonyl (C=O) groups is 2. The van der Waals surface area contributed by atoms with E-state index in [1.807, 2.05) is 4.72 Å². The second-order valence-electron chi connectivity index (χ2n) is 3.03. The van der Waals surface area contributed by atoms with Crippen LogP contribution < -0.4 is 4.72 Å². The number of anilines is 1. The summed E-state index contributed by atoms with van der Waals surface area (Å²) in [5, 5.41) is 0. The zero-order valence-corrected chi connectivity index (χ0v) is 9.18. The summed E-state index contributed by atoms with van der Waals surface area (Å²) in [6.45, 7) is -0.581. The number of hydrogen-bond acceptors (Lipinski definition) is 6. The van der Waals surface area contributed by atoms with Crippen molar-refractivity contribution >= 4 is 28.0 Å². The number of amides is 2. The Hall–Kier alpha value is -2.16. The molecule has 1 aromatic heterocycles. The van der Waals surface area contributed by atoms with E-state index in [0.29, 0.717) is 0 Å². The Labute approximate surface area is 96.4 Å². The molecular weight excluding hydrogens is 250 g/mol. The van der Waals surface area contributed by atoms with Crippen molar-refractivity contribution in [2.75, 3.05) is 11.3 Å². The molecule has 8 nitrogen and oxygen atoms in total. The topological polar surface area (TPSA) is 106 Å². The summed E-state index contributed by atoms with van der Waals surface area (Å²) < 4.78 is 29.7. The minimum atomic E-state index is -4.31. The maximum Gasteiger partial charge on any atom is 0.432 e. The van der Waals surface area contributed by atoms with Crippen molar-refractivity contribution in [3.8, 4) is 0 Å². The number of ether oxygens (including phenoxy) is 1. The summed E-state index contributed by atoms with van der Waals surface area (Å²) >= 11 is 0. The van der Waals surface area contributed by atoms with Crippen LogP contribution in [0.4, 0.5) is 10.6 Å². The molecule has 1 aliphatic heterocycles. The molecule has 2 amide bonds. The summed E-state index contributed by atoms with van der Waals surface area (Å²) in [6.07, 6.45) is 0.139. The highest BCUT2D eigenvalue weighted by atomic mass is 32.2. The van der Waals surface area contributed by atoms with E-state index in [2.05, 4.69) is 9.72 Å². The van der Waals surface area contributed by atoms with E-state index in [1.54, 1.807) is 12.1 Å². The molecule has 2 heterocycles. The lowest BCUT2D eigenvalue weighted by atomic mass is 10.5. The second kappa shape index (κ2) is 4.01. The summed E-state index contributed by atoms with van der Waals surface area (Å²) in [7, 11) is -4.31. The number of imide groups is 1. The van der Waals surface area contributed by atoms with Gasteiger partial charge >= 0.3 is 16.3 Å². The van der Waals surface area contributed by atoms with E-state index in [-0.39, 0.29) is 10.1 Å². The zero-order chi connectivity index (χ0) is 12.5. The van der Waals surface area contributed by atoms with Crippen LogP contribution in [0.5, 0.6) is 0 Å². The lowest BCUT2D eigenvalue weighted by molar-refractivity contribution is -0.122. The minimum absolute atomic E-state index is 0.000000000000000666. The number of aromatic nitrogens is 1. The van der Waals surface area contributed by atoms with Crippen LogP contribution in [0.25, 0.3) is 0 Å². The minimum Gasteiger partial charge on any atom is -0.438 e. The molecule has 0 radical (unpaired) electrons. The third kappa shape index (κ3) is 2.18. The van der Waals surface area contributed by atoms with Gasteiger partial charge in [0.25, 0.3) is 5.91 Å². The lowest BCUT2D eigenvalue weighted by Gasteiger charge is -2.12. The summed E-state index contributed by atoms with van der Waals surface area (Å²) in [6, 6.07) is 4.52. The number of hydrogen-bond donors (Lipinski definition) is 1. The van der Waals surface area contributed by atoms with Crippen LogP contribution in [0.1, 0.15) is 0 Å². The van der Waals surface area contributed by atoms with E-state index >= 15 is 0 Å². The molecule has 2 rings (SSSR count). The Morgan fingerprint density at radius 1 is 1.35 bits per heavy atom. The van der Waals surface area contributed by atoms with Crippen LogP contribution in [0.2, 0.25) is 0 Å². The van der Waals surface area contributed by atoms with Crippen LogP contribution in [-0.2, 0) is 19.7 Å². The van der Waals surface area contributed by atoms with Crippen molar-refractivity contribution in [3.63, 3.8) is 0 Å². The van der Waals surface area contributed by atoms with Gasteiger partial charge in [-0.2, -0.15) is 8.42 Å². The van der Waals surface area contributed by atoms with Crippen LogP contribution in [0.3, 0.4) is 0 Å². The summed E-state index contributed by atoms with van der Waals surface area (Å²) in [4.78, 5) is 25.9. The van der Waals surface area contributed by atoms with Gasteiger partial charge in [0.05, 0.1) is 0 Å². The number of nitrogens with one attached hydrogen (secondary N) is 1. The lowest BCUT2D eigenvalue weighted by Crippen LogP contribution is -2.39. The van der Waals surface area contributed by atoms with Crippen LogP contribution >= 0.6 is 0 Å². The normalized spacial score (nSPS) is 15.9. The van der Waals surface area contributed by atoms with Crippen molar-refractivity contribution in [3.05, 3.63) is 24.4 Å². The first-order valence-corrected chi connectivity index (χ1v) is 5.88. The molecule has 1 aromatic rings. The molecule has 1 N–H and O–H groups in total. The zero-order valence-electron chi connectivity index (χ0n) is 8.36. The molecule has 17 heavy (non-hydrogen) atoms. The molecule has 0 unspecified atom stereocenters. The first-order valence-electron chi connectivity index (χ1n) is 4.44. The summed E-state index contributed by atoms with van der Waals surface area (Å²) in [5.41, 5.74) is 0. The molecule has 1 aliphatic rings. The highest BCUT2D eigenvalue weighted by molar-refractivity contribution is 7.91. The Balaban J connectivity index is 2.26. The SMILES string of the molecule is O=C1COC(=O)N1S(=O)(=O)Nc1ccccn1. The van der Waals surface area contributed by atoms with E-state index in [4.69, 9.17) is 0 Å². The smallest absolute Gasteiger partial charge is 0.432 e. The number of pyridine rings is 1. The van der Waals surface area contributed by atoms with Crippen LogP contribution in [-0.4, -0.2) is 36.3 Å². The van der Waals surface area contributed by atoms with Gasteiger partial charge in [0.2, 0.25) is 0 Å². The molecular formula is C8H7N3O5S. The molecule has 0 aromatic carbocycles. The Bertz CT molecular complexity index is 540. The molecule has 9 heteroatoms. The average Bonchev–Trinajstić information content (AvgIpc) is 2.59. The van der Waals surface area contributed by atoms with Crippen molar-refractivity contribution < 1.29 is 22.7 Å². The largest absolute Gasteiger partial charge is 0.438 e. The second-order valence-corrected chi connectivity index (χ2v) is 4.55. The molecule has 0 saturated carbocycles. The van der Waals surface area contributed by atoms with E-state index in [9.17, 15) is 18.0 Å². The number of nitrogens with zero attached hydrogens (tertiary/aromatic N) is 2. The van der Waals surface area contributed by atoms with Gasteiger partial charge in [-0.05, 0) is 12.1 Å². The molecule has 0 atom stereocenters. The summed E-state index contributed by atoms with van der Waals surface area (Å²) in [5.74, 6) is -0.946. The average molecular weight is 257 g/mol. The molecule has 0 bridgehead atoms. The predicted molar refractivity (Wildman–Crippen MR) is 55.0 cm³/mol. The number of carbonyl (C=O) groups excluding carboxylic acids is 2. The first kappa shape index (κ1) is 11.3. The third-order valence-corrected chi connectivity index (χ3v) is 3.15. The van der Waals surface area contributed by atoms with Crippen molar-refractivity contribution in [1.29, 1.82) is 0 Å². The highest BCUT2D eigenvalue weighted by Gasteiger charge is 2.41. The standard InChI is InChI=1S/C8H7N3O5S/c12-7-5-16-8(13)11(7)17(14,15)10-6-3-1-2-4-9-6/h1-4H,5H2,(H,9,10). The maximum absolute atomic E-state index is 11.7. The van der Waals surface area contributed by atoms with Gasteiger partial charge in [-0.25, -0.2) is 14.5 Å². The van der Waals surface area contributed by atoms with Crippen molar-refractivity contribution in [2.24, 2.45) is 0 Å². The maximum atomic E-state index is 11.7. The molecule has 0 spiro atoms. The van der Waals surface area contributed by atoms with Gasteiger partial charge < -0.3 is 4.74 Å². The van der Waals surface area contributed by atoms with E-state index in [1.165, 1.54) is 12.3 Å². The van der Waals surface area contributed by atoms with Crippen molar-refractivity contribution in [2.45, 2.75) is 0 Å². The fourth-order valence-electron chi connectivity index (χ4n) is 1.18. The fourth-order valence-corrected chi connectivity index (χ4v) is 2.22. The van der Waals surface area contributed by atoms with Crippen LogP contribution in [0, 0.1) is 0 Å². The molecule has 90 valence electrons. The highest BCUT2D eigenvalue weighted by Crippen LogP contribution is 2.13. The van der Waals surface area contributed by atoms with Gasteiger partial charge in [-0.3, -0.25) is 4.79 Å². The fraction of sp³-hybridized carbons (Fsp3) is 0.125. The van der Waals surface area contributed by atoms with E-state index < -0.39 is 28.8 Å². The quantitative estimate of drug-likeness (QED) is 0.798. The molecule has 0 aliphatic carbocycles. The number of rotatable bonds is 3. The van der Waals surface area contributed by atoms with Gasteiger partial charge in [-0.1, -0.05) is 6.07 Å². The Morgan fingerprint density at radius 3 is 2.65 bits per heavy atom. The Morgan fingerprint density at radius 2 is 2.12 bits per heavy atom. The molecule has 1 saturated heterocycles. The predicted octanol–water partition coefficient (Wildman–Crippen LogP) is -0.283. The third-order valence-electron chi connectivity index (χ3n) is 1.85. The van der Waals surface area contributed by atoms with Crippen molar-refractivity contribution in [1.82, 2.24) is 9.29 Å². The van der Waals surface area contributed by atoms with Crippen LogP contribution in [0.15, 0.2) is 24.4 Å². The van der Waals surface area contributed by atoms with Gasteiger partial charge in [0.15, 0.2) is 6.61 Å². The molecule has 1 fully saturated rings. The Kier molecular flexibility index (Phi) is 2.68. The van der Waals surface area contributed by atoms with Gasteiger partial charge in [0, 0.05) is 6.20 Å². The number of cyclic esters (lactones) is 1. The van der Waals surface area contributed by atoms with Gasteiger partial charge in [0.1, 0.15) is 5.82 Å². The monoisotopic (exact) mass is 257 g/mol.